The number of hydrogen-bond donors (Lipinski definition) is 1. The van der Waals surface area contributed by atoms with Gasteiger partial charge >= 0.3 is 5.97 Å². The Morgan fingerprint density at radius 2 is 1.79 bits per heavy atom. The first kappa shape index (κ1) is 16.0. The topological polar surface area (TPSA) is 76.1 Å². The molecule has 1 heterocycles. The van der Waals surface area contributed by atoms with Crippen molar-refractivity contribution in [2.45, 2.75) is 38.5 Å². The number of thioether (sulfide) groups is 1. The third kappa shape index (κ3) is 3.10. The summed E-state index contributed by atoms with van der Waals surface area (Å²) in [5.74, 6) is -0.539. The lowest BCUT2D eigenvalue weighted by Gasteiger charge is -2.52. The second-order valence-corrected chi connectivity index (χ2v) is 5.65. The predicted octanol–water partition coefficient (Wildman–Crippen LogP) is 0.708. The van der Waals surface area contributed by atoms with E-state index in [1.165, 1.54) is 26.0 Å². The molecule has 6 nitrogen and oxygen atoms in total. The Bertz CT molecular complexity index is 405. The fourth-order valence-corrected chi connectivity index (χ4v) is 3.04. The molecule has 3 atom stereocenters. The van der Waals surface area contributed by atoms with E-state index in [1.54, 1.807) is 13.8 Å². The van der Waals surface area contributed by atoms with E-state index in [-0.39, 0.29) is 10.8 Å². The van der Waals surface area contributed by atoms with Gasteiger partial charge in [-0.1, -0.05) is 11.8 Å². The molecule has 1 saturated heterocycles. The van der Waals surface area contributed by atoms with Crippen LogP contribution in [0.4, 0.5) is 0 Å². The summed E-state index contributed by atoms with van der Waals surface area (Å²) < 4.78 is 9.86. The molecule has 0 aromatic carbocycles. The number of carbonyl (C=O) groups excluding carboxylic acids is 2. The molecule has 1 aliphatic rings. The van der Waals surface area contributed by atoms with Crippen LogP contribution in [0.3, 0.4) is 0 Å². The molecular formula is C12H19NO5S. The third-order valence-corrected chi connectivity index (χ3v) is 3.87. The van der Waals surface area contributed by atoms with Crippen LogP contribution in [-0.4, -0.2) is 53.0 Å². The first-order chi connectivity index (χ1) is 8.84. The standard InChI is InChI=1S/C12H19NO5S/c1-6(2)8(12(16)18-5)13-10(15)9(17-4)11(13)19-7(3)14/h9-11,15H,1-5H3. The van der Waals surface area contributed by atoms with E-state index in [1.807, 2.05) is 0 Å². The number of nitrogens with zero attached hydrogens (tertiary/aromatic N) is 1. The molecule has 1 N–H and O–H groups in total. The van der Waals surface area contributed by atoms with Crippen molar-refractivity contribution in [2.24, 2.45) is 0 Å². The number of hydrogen-bond acceptors (Lipinski definition) is 7. The highest BCUT2D eigenvalue weighted by Gasteiger charge is 2.52. The molecule has 3 unspecified atom stereocenters. The number of methoxy groups -OCH3 is 2. The zero-order valence-corrected chi connectivity index (χ0v) is 12.5. The van der Waals surface area contributed by atoms with Crippen molar-refractivity contribution in [3.63, 3.8) is 0 Å². The second-order valence-electron chi connectivity index (χ2n) is 4.36. The van der Waals surface area contributed by atoms with Crippen LogP contribution < -0.4 is 0 Å². The average molecular weight is 289 g/mol. The van der Waals surface area contributed by atoms with Gasteiger partial charge in [0.1, 0.15) is 17.2 Å². The highest BCUT2D eigenvalue weighted by molar-refractivity contribution is 8.14. The lowest BCUT2D eigenvalue weighted by Crippen LogP contribution is -2.67. The van der Waals surface area contributed by atoms with Crippen LogP contribution in [0.1, 0.15) is 20.8 Å². The Labute approximate surface area is 116 Å². The molecule has 0 amide bonds. The number of allylic oxidation sites excluding steroid dienone is 1. The van der Waals surface area contributed by atoms with Crippen molar-refractivity contribution >= 4 is 22.8 Å². The van der Waals surface area contributed by atoms with Crippen LogP contribution >= 0.6 is 11.8 Å². The Balaban J connectivity index is 3.05. The SMILES string of the molecule is COC(=O)C(=C(C)C)N1C(O)C(OC)C1SC(C)=O. The monoisotopic (exact) mass is 289 g/mol. The fourth-order valence-electron chi connectivity index (χ4n) is 1.97. The highest BCUT2D eigenvalue weighted by Crippen LogP contribution is 2.39. The van der Waals surface area contributed by atoms with Gasteiger partial charge in [0.15, 0.2) is 11.3 Å². The van der Waals surface area contributed by atoms with Gasteiger partial charge in [-0.15, -0.1) is 0 Å². The van der Waals surface area contributed by atoms with E-state index in [2.05, 4.69) is 0 Å². The van der Waals surface area contributed by atoms with Crippen molar-refractivity contribution in [3.8, 4) is 0 Å². The molecule has 0 aromatic rings. The van der Waals surface area contributed by atoms with Gasteiger partial charge in [-0.3, -0.25) is 4.79 Å². The smallest absolute Gasteiger partial charge is 0.354 e. The maximum atomic E-state index is 11.8. The highest BCUT2D eigenvalue weighted by atomic mass is 32.2. The molecule has 0 saturated carbocycles. The van der Waals surface area contributed by atoms with E-state index in [0.29, 0.717) is 5.57 Å². The van der Waals surface area contributed by atoms with Crippen molar-refractivity contribution in [3.05, 3.63) is 11.3 Å². The Morgan fingerprint density at radius 1 is 1.21 bits per heavy atom. The van der Waals surface area contributed by atoms with E-state index >= 15 is 0 Å². The van der Waals surface area contributed by atoms with Gasteiger partial charge < -0.3 is 19.5 Å². The summed E-state index contributed by atoms with van der Waals surface area (Å²) in [6.07, 6.45) is -1.49. The van der Waals surface area contributed by atoms with E-state index in [4.69, 9.17) is 9.47 Å². The second kappa shape index (κ2) is 6.40. The van der Waals surface area contributed by atoms with Gasteiger partial charge in [-0.25, -0.2) is 4.79 Å². The van der Waals surface area contributed by atoms with Gasteiger partial charge in [0, 0.05) is 14.0 Å². The zero-order valence-electron chi connectivity index (χ0n) is 11.7. The first-order valence-electron chi connectivity index (χ1n) is 5.77. The first-order valence-corrected chi connectivity index (χ1v) is 6.65. The molecule has 0 aliphatic carbocycles. The number of aliphatic hydroxyl groups is 1. The van der Waals surface area contributed by atoms with E-state index in [9.17, 15) is 14.7 Å². The molecular weight excluding hydrogens is 270 g/mol. The molecule has 1 aliphatic heterocycles. The quantitative estimate of drug-likeness (QED) is 0.603. The minimum Gasteiger partial charge on any atom is -0.464 e. The van der Waals surface area contributed by atoms with Gasteiger partial charge in [0.2, 0.25) is 0 Å². The fraction of sp³-hybridized carbons (Fsp3) is 0.667. The number of likely N-dealkylation sites (tertiary alicyclic amines) is 1. The summed E-state index contributed by atoms with van der Waals surface area (Å²) >= 11 is 1.02. The summed E-state index contributed by atoms with van der Waals surface area (Å²) in [5, 5.41) is 9.51. The van der Waals surface area contributed by atoms with Gasteiger partial charge in [0.05, 0.1) is 7.11 Å². The lowest BCUT2D eigenvalue weighted by atomic mass is 10.1. The number of aliphatic hydroxyl groups excluding tert-OH is 1. The molecule has 19 heavy (non-hydrogen) atoms. The van der Waals surface area contributed by atoms with Crippen molar-refractivity contribution in [1.82, 2.24) is 4.90 Å². The third-order valence-electron chi connectivity index (χ3n) is 2.80. The minimum atomic E-state index is -0.967. The minimum absolute atomic E-state index is 0.109. The van der Waals surface area contributed by atoms with Crippen molar-refractivity contribution in [1.29, 1.82) is 0 Å². The molecule has 1 rings (SSSR count). The van der Waals surface area contributed by atoms with Crippen LogP contribution in [0.2, 0.25) is 0 Å². The van der Waals surface area contributed by atoms with Crippen molar-refractivity contribution in [2.75, 3.05) is 14.2 Å². The molecule has 0 aromatic heterocycles. The number of ether oxygens (including phenoxy) is 2. The van der Waals surface area contributed by atoms with Crippen LogP contribution in [0.15, 0.2) is 11.3 Å². The normalized spacial score (nSPS) is 25.6. The van der Waals surface area contributed by atoms with Gasteiger partial charge in [0.25, 0.3) is 0 Å². The average Bonchev–Trinajstić information content (AvgIpc) is 2.33. The summed E-state index contributed by atoms with van der Waals surface area (Å²) in [6.45, 7) is 4.92. The van der Waals surface area contributed by atoms with Gasteiger partial charge in [-0.05, 0) is 19.4 Å². The summed E-state index contributed by atoms with van der Waals surface area (Å²) in [5.41, 5.74) is 0.969. The largest absolute Gasteiger partial charge is 0.464 e. The number of esters is 1. The lowest BCUT2D eigenvalue weighted by molar-refractivity contribution is -0.186. The molecule has 1 fully saturated rings. The van der Waals surface area contributed by atoms with Crippen LogP contribution in [0.25, 0.3) is 0 Å². The summed E-state index contributed by atoms with van der Waals surface area (Å²) in [4.78, 5) is 24.5. The molecule has 108 valence electrons. The Kier molecular flexibility index (Phi) is 5.39. The Morgan fingerprint density at radius 3 is 2.16 bits per heavy atom. The Hall–Kier alpha value is -1.05. The van der Waals surface area contributed by atoms with Crippen LogP contribution in [-0.2, 0) is 19.1 Å². The van der Waals surface area contributed by atoms with E-state index in [0.717, 1.165) is 11.8 Å². The summed E-state index contributed by atoms with van der Waals surface area (Å²) in [6, 6.07) is 0. The maximum Gasteiger partial charge on any atom is 0.354 e. The van der Waals surface area contributed by atoms with E-state index < -0.39 is 23.7 Å². The molecule has 0 radical (unpaired) electrons. The summed E-state index contributed by atoms with van der Waals surface area (Å²) in [7, 11) is 2.73. The number of carbonyl (C=O) groups is 2. The molecule has 7 heteroatoms. The number of rotatable bonds is 4. The molecule has 0 bridgehead atoms. The van der Waals surface area contributed by atoms with Crippen molar-refractivity contribution < 1.29 is 24.2 Å². The van der Waals surface area contributed by atoms with Crippen LogP contribution in [0.5, 0.6) is 0 Å². The van der Waals surface area contributed by atoms with Gasteiger partial charge in [-0.2, -0.15) is 0 Å². The molecule has 0 spiro atoms. The zero-order chi connectivity index (χ0) is 14.7. The van der Waals surface area contributed by atoms with Crippen LogP contribution in [0, 0.1) is 0 Å². The maximum absolute atomic E-state index is 11.8. The predicted molar refractivity (Wildman–Crippen MR) is 71.1 cm³/mol.